The largest absolute Gasteiger partial charge is 0.480 e. The zero-order chi connectivity index (χ0) is 17.7. The normalized spacial score (nSPS) is 13.1. The Morgan fingerprint density at radius 3 is 2.46 bits per heavy atom. The van der Waals surface area contributed by atoms with E-state index in [4.69, 9.17) is 0 Å². The molecule has 1 amide bonds. The van der Waals surface area contributed by atoms with Crippen LogP contribution in [-0.2, 0) is 4.79 Å². The van der Waals surface area contributed by atoms with Gasteiger partial charge in [0.15, 0.2) is 0 Å². The van der Waals surface area contributed by atoms with E-state index in [1.807, 2.05) is 6.92 Å². The second kappa shape index (κ2) is 7.54. The summed E-state index contributed by atoms with van der Waals surface area (Å²) in [4.78, 5) is 35.6. The minimum atomic E-state index is -1.10. The quantitative estimate of drug-likeness (QED) is 0.835. The molecule has 0 saturated carbocycles. The van der Waals surface area contributed by atoms with E-state index >= 15 is 0 Å². The number of para-hydroxylation sites is 1. The number of aliphatic carboxylic acids is 1. The van der Waals surface area contributed by atoms with Crippen molar-refractivity contribution in [1.29, 1.82) is 0 Å². The van der Waals surface area contributed by atoms with Crippen molar-refractivity contribution in [1.82, 2.24) is 15.1 Å². The molecule has 2 rings (SSSR count). The number of aromatic nitrogens is 2. The number of carboxylic acid groups (broad SMARTS) is 1. The van der Waals surface area contributed by atoms with Crippen LogP contribution in [0, 0.1) is 5.92 Å². The van der Waals surface area contributed by atoms with Crippen LogP contribution in [0.5, 0.6) is 0 Å². The molecule has 24 heavy (non-hydrogen) atoms. The number of benzene rings is 1. The minimum absolute atomic E-state index is 0.0204. The first-order valence-corrected chi connectivity index (χ1v) is 7.63. The number of carbonyl (C=O) groups is 2. The molecule has 0 bridgehead atoms. The Balaban J connectivity index is 2.31. The Hall–Kier alpha value is -2.96. The molecule has 2 N–H and O–H groups in total. The molecule has 0 spiro atoms. The molecule has 0 fully saturated rings. The van der Waals surface area contributed by atoms with Gasteiger partial charge in [0.05, 0.1) is 5.69 Å². The average Bonchev–Trinajstić information content (AvgIpc) is 2.59. The maximum absolute atomic E-state index is 12.3. The van der Waals surface area contributed by atoms with Crippen molar-refractivity contribution in [2.45, 2.75) is 26.3 Å². The average molecular weight is 329 g/mol. The molecule has 2 unspecified atom stereocenters. The fraction of sp³-hybridized carbons (Fsp3) is 0.294. The number of carbonyl (C=O) groups excluding carboxylic acids is 1. The molecule has 1 heterocycles. The van der Waals surface area contributed by atoms with E-state index in [1.54, 1.807) is 37.3 Å². The molecule has 2 aromatic rings. The van der Waals surface area contributed by atoms with Crippen molar-refractivity contribution in [3.8, 4) is 5.69 Å². The Labute approximate surface area is 138 Å². The lowest BCUT2D eigenvalue weighted by molar-refractivity contribution is -0.140. The van der Waals surface area contributed by atoms with Gasteiger partial charge in [-0.1, -0.05) is 38.5 Å². The number of nitrogens with one attached hydrogen (secondary N) is 1. The van der Waals surface area contributed by atoms with Gasteiger partial charge in [-0.25, -0.2) is 4.79 Å². The fourth-order valence-electron chi connectivity index (χ4n) is 2.18. The third-order valence-electron chi connectivity index (χ3n) is 3.80. The highest BCUT2D eigenvalue weighted by atomic mass is 16.4. The summed E-state index contributed by atoms with van der Waals surface area (Å²) in [6, 6.07) is 10.2. The highest BCUT2D eigenvalue weighted by molar-refractivity contribution is 5.94. The number of carboxylic acids is 1. The predicted octanol–water partition coefficient (Wildman–Crippen LogP) is 1.46. The first kappa shape index (κ1) is 17.4. The van der Waals surface area contributed by atoms with Crippen LogP contribution in [0.3, 0.4) is 0 Å². The Morgan fingerprint density at radius 2 is 1.88 bits per heavy atom. The van der Waals surface area contributed by atoms with Crippen LogP contribution in [0.1, 0.15) is 30.8 Å². The summed E-state index contributed by atoms with van der Waals surface area (Å²) in [5.74, 6) is -1.96. The van der Waals surface area contributed by atoms with Crippen LogP contribution in [0.2, 0.25) is 0 Å². The van der Waals surface area contributed by atoms with Gasteiger partial charge < -0.3 is 10.4 Å². The minimum Gasteiger partial charge on any atom is -0.480 e. The molecule has 0 saturated heterocycles. The Kier molecular flexibility index (Phi) is 5.47. The van der Waals surface area contributed by atoms with Crippen molar-refractivity contribution in [3.05, 3.63) is 58.5 Å². The highest BCUT2D eigenvalue weighted by Gasteiger charge is 2.26. The van der Waals surface area contributed by atoms with Gasteiger partial charge in [0, 0.05) is 6.07 Å². The monoisotopic (exact) mass is 329 g/mol. The number of hydrogen-bond donors (Lipinski definition) is 2. The second-order valence-corrected chi connectivity index (χ2v) is 5.48. The summed E-state index contributed by atoms with van der Waals surface area (Å²) in [6.45, 7) is 3.60. The van der Waals surface area contributed by atoms with Crippen molar-refractivity contribution in [2.24, 2.45) is 5.92 Å². The van der Waals surface area contributed by atoms with Gasteiger partial charge in [-0.3, -0.25) is 9.59 Å². The summed E-state index contributed by atoms with van der Waals surface area (Å²) in [6.07, 6.45) is 0.605. The van der Waals surface area contributed by atoms with Gasteiger partial charge in [0.25, 0.3) is 11.5 Å². The molecule has 0 aliphatic rings. The van der Waals surface area contributed by atoms with E-state index in [-0.39, 0.29) is 17.2 Å². The molecule has 1 aromatic carbocycles. The first-order valence-electron chi connectivity index (χ1n) is 7.63. The van der Waals surface area contributed by atoms with Crippen LogP contribution in [0.15, 0.2) is 47.3 Å². The highest BCUT2D eigenvalue weighted by Crippen LogP contribution is 2.09. The topological polar surface area (TPSA) is 101 Å². The molecular formula is C17H19N3O4. The van der Waals surface area contributed by atoms with Crippen molar-refractivity contribution >= 4 is 11.9 Å². The Morgan fingerprint density at radius 1 is 1.21 bits per heavy atom. The van der Waals surface area contributed by atoms with E-state index in [2.05, 4.69) is 10.4 Å². The van der Waals surface area contributed by atoms with E-state index in [1.165, 1.54) is 12.1 Å². The van der Waals surface area contributed by atoms with Gasteiger partial charge in [-0.2, -0.15) is 9.78 Å². The van der Waals surface area contributed by atoms with Gasteiger partial charge in [-0.05, 0) is 24.1 Å². The lowest BCUT2D eigenvalue weighted by Gasteiger charge is -2.19. The smallest absolute Gasteiger partial charge is 0.326 e. The van der Waals surface area contributed by atoms with E-state index in [9.17, 15) is 19.5 Å². The number of hydrogen-bond acceptors (Lipinski definition) is 4. The summed E-state index contributed by atoms with van der Waals surface area (Å²) in [7, 11) is 0. The zero-order valence-corrected chi connectivity index (χ0v) is 13.5. The van der Waals surface area contributed by atoms with Gasteiger partial charge in [-0.15, -0.1) is 0 Å². The molecule has 1 aromatic heterocycles. The molecular weight excluding hydrogens is 310 g/mol. The van der Waals surface area contributed by atoms with Gasteiger partial charge >= 0.3 is 5.97 Å². The molecule has 0 aliphatic heterocycles. The van der Waals surface area contributed by atoms with Crippen LogP contribution in [0.4, 0.5) is 0 Å². The molecule has 0 radical (unpaired) electrons. The van der Waals surface area contributed by atoms with E-state index in [0.29, 0.717) is 12.1 Å². The van der Waals surface area contributed by atoms with Crippen molar-refractivity contribution in [2.75, 3.05) is 0 Å². The maximum Gasteiger partial charge on any atom is 0.326 e. The van der Waals surface area contributed by atoms with Crippen LogP contribution < -0.4 is 10.9 Å². The SMILES string of the molecule is CCC(C)C(NC(=O)c1ccc(=O)n(-c2ccccc2)n1)C(=O)O. The van der Waals surface area contributed by atoms with Crippen LogP contribution in [0.25, 0.3) is 5.69 Å². The number of rotatable bonds is 6. The predicted molar refractivity (Wildman–Crippen MR) is 88.2 cm³/mol. The van der Waals surface area contributed by atoms with Crippen LogP contribution in [-0.4, -0.2) is 32.8 Å². The standard InChI is InChI=1S/C17H19N3O4/c1-3-11(2)15(17(23)24)18-16(22)13-9-10-14(21)20(19-13)12-7-5-4-6-8-12/h4-11,15H,3H2,1-2H3,(H,18,22)(H,23,24). The molecule has 7 heteroatoms. The molecule has 7 nitrogen and oxygen atoms in total. The first-order chi connectivity index (χ1) is 11.4. The summed E-state index contributed by atoms with van der Waals surface area (Å²) < 4.78 is 1.11. The number of amides is 1. The zero-order valence-electron chi connectivity index (χ0n) is 13.5. The summed E-state index contributed by atoms with van der Waals surface area (Å²) >= 11 is 0. The lowest BCUT2D eigenvalue weighted by Crippen LogP contribution is -2.45. The third kappa shape index (κ3) is 3.87. The third-order valence-corrected chi connectivity index (χ3v) is 3.80. The maximum atomic E-state index is 12.3. The Bertz CT molecular complexity index is 786. The van der Waals surface area contributed by atoms with Crippen molar-refractivity contribution < 1.29 is 14.7 Å². The van der Waals surface area contributed by atoms with E-state index in [0.717, 1.165) is 4.68 Å². The molecule has 2 atom stereocenters. The summed E-state index contributed by atoms with van der Waals surface area (Å²) in [5, 5.41) is 15.8. The van der Waals surface area contributed by atoms with Gasteiger partial charge in [0.1, 0.15) is 11.7 Å². The second-order valence-electron chi connectivity index (χ2n) is 5.48. The van der Waals surface area contributed by atoms with Crippen molar-refractivity contribution in [3.63, 3.8) is 0 Å². The molecule has 126 valence electrons. The summed E-state index contributed by atoms with van der Waals surface area (Å²) in [5.41, 5.74) is 0.122. The van der Waals surface area contributed by atoms with E-state index < -0.39 is 17.9 Å². The molecule has 0 aliphatic carbocycles. The fourth-order valence-corrected chi connectivity index (χ4v) is 2.18. The van der Waals surface area contributed by atoms with Crippen LogP contribution >= 0.6 is 0 Å². The number of nitrogens with zero attached hydrogens (tertiary/aromatic N) is 2. The lowest BCUT2D eigenvalue weighted by atomic mass is 9.99. The van der Waals surface area contributed by atoms with Gasteiger partial charge in [0.2, 0.25) is 0 Å².